The molecule has 21 heavy (non-hydrogen) atoms. The van der Waals surface area contributed by atoms with Crippen molar-refractivity contribution >= 4 is 11.3 Å². The van der Waals surface area contributed by atoms with Crippen LogP contribution < -0.4 is 5.73 Å². The molecule has 118 valence electrons. The Kier molecular flexibility index (Phi) is 4.19. The maximum absolute atomic E-state index is 6.38. The van der Waals surface area contributed by atoms with E-state index in [1.165, 1.54) is 37.0 Å². The van der Waals surface area contributed by atoms with Crippen LogP contribution in [0.1, 0.15) is 57.8 Å². The Labute approximate surface area is 133 Å². The van der Waals surface area contributed by atoms with Gasteiger partial charge in [-0.3, -0.25) is 4.90 Å². The molecule has 2 unspecified atom stereocenters. The Morgan fingerprint density at radius 3 is 2.62 bits per heavy atom. The molecule has 2 nitrogen and oxygen atoms in total. The molecule has 0 amide bonds. The lowest BCUT2D eigenvalue weighted by Crippen LogP contribution is -2.59. The highest BCUT2D eigenvalue weighted by Crippen LogP contribution is 2.49. The molecule has 0 radical (unpaired) electrons. The monoisotopic (exact) mass is 306 g/mol. The SMILES string of the molecule is CC1CC(C)(C)CC(CN)(N(Cc2cccs2)C2CC2)C1. The lowest BCUT2D eigenvalue weighted by molar-refractivity contribution is -0.0217. The first-order valence-corrected chi connectivity index (χ1v) is 9.31. The van der Waals surface area contributed by atoms with E-state index in [0.717, 1.165) is 25.0 Å². The minimum atomic E-state index is 0.215. The minimum absolute atomic E-state index is 0.215. The summed E-state index contributed by atoms with van der Waals surface area (Å²) in [6.07, 6.45) is 6.59. The van der Waals surface area contributed by atoms with E-state index in [9.17, 15) is 0 Å². The van der Waals surface area contributed by atoms with Gasteiger partial charge in [-0.15, -0.1) is 11.3 Å². The van der Waals surface area contributed by atoms with Crippen molar-refractivity contribution in [1.82, 2.24) is 4.90 Å². The second-order valence-electron chi connectivity index (χ2n) is 8.22. The summed E-state index contributed by atoms with van der Waals surface area (Å²) < 4.78 is 0. The summed E-state index contributed by atoms with van der Waals surface area (Å²) in [5.74, 6) is 0.780. The number of hydrogen-bond acceptors (Lipinski definition) is 3. The van der Waals surface area contributed by atoms with Crippen molar-refractivity contribution in [1.29, 1.82) is 0 Å². The van der Waals surface area contributed by atoms with E-state index in [1.807, 2.05) is 11.3 Å². The molecule has 2 aliphatic rings. The fraction of sp³-hybridized carbons (Fsp3) is 0.778. The molecule has 0 aromatic carbocycles. The lowest BCUT2D eigenvalue weighted by atomic mass is 9.63. The van der Waals surface area contributed by atoms with Gasteiger partial charge in [0.15, 0.2) is 0 Å². The summed E-state index contributed by atoms with van der Waals surface area (Å²) in [5, 5.41) is 2.20. The van der Waals surface area contributed by atoms with Crippen LogP contribution in [-0.2, 0) is 6.54 Å². The van der Waals surface area contributed by atoms with Crippen LogP contribution in [0.4, 0.5) is 0 Å². The van der Waals surface area contributed by atoms with Crippen LogP contribution in [0.2, 0.25) is 0 Å². The molecule has 0 spiro atoms. The van der Waals surface area contributed by atoms with Gasteiger partial charge in [-0.2, -0.15) is 0 Å². The zero-order chi connectivity index (χ0) is 15.1. The van der Waals surface area contributed by atoms with Crippen molar-refractivity contribution < 1.29 is 0 Å². The average molecular weight is 307 g/mol. The third-order valence-corrected chi connectivity index (χ3v) is 6.18. The van der Waals surface area contributed by atoms with Gasteiger partial charge in [0, 0.05) is 29.5 Å². The van der Waals surface area contributed by atoms with Crippen LogP contribution in [0.25, 0.3) is 0 Å². The summed E-state index contributed by atoms with van der Waals surface area (Å²) in [6.45, 7) is 9.19. The van der Waals surface area contributed by atoms with Crippen LogP contribution in [-0.4, -0.2) is 23.0 Å². The van der Waals surface area contributed by atoms with Crippen molar-refractivity contribution in [3.8, 4) is 0 Å². The van der Waals surface area contributed by atoms with Crippen LogP contribution in [0.3, 0.4) is 0 Å². The molecule has 2 N–H and O–H groups in total. The number of nitrogens with zero attached hydrogens (tertiary/aromatic N) is 1. The molecule has 3 heteroatoms. The van der Waals surface area contributed by atoms with E-state index in [4.69, 9.17) is 5.73 Å². The van der Waals surface area contributed by atoms with E-state index in [0.29, 0.717) is 5.41 Å². The Balaban J connectivity index is 1.87. The van der Waals surface area contributed by atoms with Gasteiger partial charge in [0.2, 0.25) is 0 Å². The molecule has 1 aromatic heterocycles. The number of thiophene rings is 1. The van der Waals surface area contributed by atoms with Crippen molar-refractivity contribution in [2.75, 3.05) is 6.54 Å². The normalized spacial score (nSPS) is 32.5. The number of rotatable bonds is 5. The first kappa shape index (κ1) is 15.5. The Hall–Kier alpha value is -0.380. The summed E-state index contributed by atoms with van der Waals surface area (Å²) in [6, 6.07) is 5.23. The first-order valence-electron chi connectivity index (χ1n) is 8.43. The smallest absolute Gasteiger partial charge is 0.0346 e. The summed E-state index contributed by atoms with van der Waals surface area (Å²) in [7, 11) is 0. The summed E-state index contributed by atoms with van der Waals surface area (Å²) in [5.41, 5.74) is 7.01. The minimum Gasteiger partial charge on any atom is -0.329 e. The van der Waals surface area contributed by atoms with Gasteiger partial charge in [-0.25, -0.2) is 0 Å². The molecule has 0 saturated heterocycles. The fourth-order valence-electron chi connectivity index (χ4n) is 4.83. The molecule has 2 fully saturated rings. The third-order valence-electron chi connectivity index (χ3n) is 5.32. The van der Waals surface area contributed by atoms with E-state index >= 15 is 0 Å². The molecule has 2 saturated carbocycles. The predicted octanol–water partition coefficient (Wildman–Crippen LogP) is 4.26. The molecular weight excluding hydrogens is 276 g/mol. The highest BCUT2D eigenvalue weighted by atomic mass is 32.1. The van der Waals surface area contributed by atoms with E-state index in [2.05, 4.69) is 43.2 Å². The molecule has 0 aliphatic heterocycles. The Morgan fingerprint density at radius 2 is 2.10 bits per heavy atom. The maximum atomic E-state index is 6.38. The predicted molar refractivity (Wildman–Crippen MR) is 91.5 cm³/mol. The van der Waals surface area contributed by atoms with Crippen molar-refractivity contribution in [3.63, 3.8) is 0 Å². The maximum Gasteiger partial charge on any atom is 0.0346 e. The lowest BCUT2D eigenvalue weighted by Gasteiger charge is -2.53. The second-order valence-corrected chi connectivity index (χ2v) is 9.25. The molecular formula is C18H30N2S. The first-order chi connectivity index (χ1) is 9.94. The highest BCUT2D eigenvalue weighted by Gasteiger charge is 2.49. The zero-order valence-electron chi connectivity index (χ0n) is 13.8. The van der Waals surface area contributed by atoms with Gasteiger partial charge in [0.05, 0.1) is 0 Å². The van der Waals surface area contributed by atoms with E-state index in [-0.39, 0.29) is 5.54 Å². The fourth-order valence-corrected chi connectivity index (χ4v) is 5.53. The van der Waals surface area contributed by atoms with Crippen molar-refractivity contribution in [2.24, 2.45) is 17.1 Å². The molecule has 1 heterocycles. The second kappa shape index (κ2) is 5.68. The number of hydrogen-bond donors (Lipinski definition) is 1. The quantitative estimate of drug-likeness (QED) is 0.881. The van der Waals surface area contributed by atoms with E-state index < -0.39 is 0 Å². The molecule has 2 aliphatic carbocycles. The molecule has 1 aromatic rings. The van der Waals surface area contributed by atoms with Crippen molar-refractivity contribution in [2.45, 2.75) is 71.0 Å². The van der Waals surface area contributed by atoms with Crippen LogP contribution >= 0.6 is 11.3 Å². The Morgan fingerprint density at radius 1 is 1.33 bits per heavy atom. The van der Waals surface area contributed by atoms with E-state index in [1.54, 1.807) is 0 Å². The highest BCUT2D eigenvalue weighted by molar-refractivity contribution is 7.09. The zero-order valence-corrected chi connectivity index (χ0v) is 14.6. The average Bonchev–Trinajstić information content (AvgIpc) is 3.10. The molecule has 3 rings (SSSR count). The van der Waals surface area contributed by atoms with Gasteiger partial charge in [0.1, 0.15) is 0 Å². The topological polar surface area (TPSA) is 29.3 Å². The third kappa shape index (κ3) is 3.35. The van der Waals surface area contributed by atoms with Crippen LogP contribution in [0, 0.1) is 11.3 Å². The Bertz CT molecular complexity index is 464. The summed E-state index contributed by atoms with van der Waals surface area (Å²) in [4.78, 5) is 4.28. The standard InChI is InChI=1S/C18H30N2S/c1-14-9-17(2,3)12-18(10-14,13-19)20(15-6-7-15)11-16-5-4-8-21-16/h4-5,8,14-15H,6-7,9-13,19H2,1-3H3. The van der Waals surface area contributed by atoms with Gasteiger partial charge in [-0.1, -0.05) is 26.8 Å². The largest absolute Gasteiger partial charge is 0.329 e. The van der Waals surface area contributed by atoms with Gasteiger partial charge < -0.3 is 5.73 Å². The number of nitrogens with two attached hydrogens (primary N) is 1. The van der Waals surface area contributed by atoms with Crippen LogP contribution in [0.15, 0.2) is 17.5 Å². The molecule has 2 atom stereocenters. The van der Waals surface area contributed by atoms with Gasteiger partial charge in [0.25, 0.3) is 0 Å². The summed E-state index contributed by atoms with van der Waals surface area (Å²) >= 11 is 1.89. The van der Waals surface area contributed by atoms with Gasteiger partial charge >= 0.3 is 0 Å². The molecule has 0 bridgehead atoms. The van der Waals surface area contributed by atoms with Crippen LogP contribution in [0.5, 0.6) is 0 Å². The van der Waals surface area contributed by atoms with Gasteiger partial charge in [-0.05, 0) is 54.9 Å². The van der Waals surface area contributed by atoms with Crippen molar-refractivity contribution in [3.05, 3.63) is 22.4 Å².